The van der Waals surface area contributed by atoms with Crippen LogP contribution in [0.3, 0.4) is 0 Å². The summed E-state index contributed by atoms with van der Waals surface area (Å²) < 4.78 is 0. The molecule has 0 aliphatic carbocycles. The predicted molar refractivity (Wildman–Crippen MR) is 64.9 cm³/mol. The molecule has 5 heteroatoms. The molecule has 1 rings (SSSR count). The zero-order chi connectivity index (χ0) is 11.4. The quantitative estimate of drug-likeness (QED) is 0.754. The Labute approximate surface area is 95.1 Å². The lowest BCUT2D eigenvalue weighted by atomic mass is 10.1. The lowest BCUT2D eigenvalue weighted by Gasteiger charge is -2.12. The summed E-state index contributed by atoms with van der Waals surface area (Å²) in [5.74, 6) is 1.32. The van der Waals surface area contributed by atoms with Gasteiger partial charge in [-0.15, -0.1) is 0 Å². The molecule has 0 saturated heterocycles. The zero-order valence-electron chi connectivity index (χ0n) is 9.49. The van der Waals surface area contributed by atoms with Crippen molar-refractivity contribution in [3.63, 3.8) is 0 Å². The van der Waals surface area contributed by atoms with Gasteiger partial charge in [0.15, 0.2) is 5.17 Å². The third kappa shape index (κ3) is 4.11. The molecule has 1 aliphatic heterocycles. The molecule has 0 aromatic carbocycles. The van der Waals surface area contributed by atoms with Crippen LogP contribution in [0.5, 0.6) is 0 Å². The van der Waals surface area contributed by atoms with Crippen molar-refractivity contribution in [1.29, 1.82) is 0 Å². The summed E-state index contributed by atoms with van der Waals surface area (Å²) in [4.78, 5) is 15.2. The molecule has 86 valence electrons. The Bertz CT molecular complexity index is 265. The fourth-order valence-corrected chi connectivity index (χ4v) is 2.66. The molecule has 0 saturated carbocycles. The molecular formula is C10H19N3OS. The number of rotatable bonds is 4. The predicted octanol–water partition coefficient (Wildman–Crippen LogP) is 0.967. The number of carbonyl (C=O) groups excluding carboxylic acids is 1. The van der Waals surface area contributed by atoms with E-state index in [0.29, 0.717) is 18.4 Å². The summed E-state index contributed by atoms with van der Waals surface area (Å²) in [6, 6.07) is 0.470. The van der Waals surface area contributed by atoms with Crippen LogP contribution in [0, 0.1) is 5.92 Å². The second-order valence-corrected chi connectivity index (χ2v) is 5.28. The maximum atomic E-state index is 10.7. The fraction of sp³-hybridized carbons (Fsp3) is 0.800. The number of thioether (sulfide) groups is 1. The van der Waals surface area contributed by atoms with Gasteiger partial charge in [-0.2, -0.15) is 0 Å². The number of nitrogens with two attached hydrogens (primary N) is 1. The first-order valence-corrected chi connectivity index (χ1v) is 6.23. The number of aliphatic imine (C=N–C) groups is 1. The molecular weight excluding hydrogens is 210 g/mol. The average Bonchev–Trinajstić information content (AvgIpc) is 2.50. The van der Waals surface area contributed by atoms with Gasteiger partial charge in [0.2, 0.25) is 5.91 Å². The maximum absolute atomic E-state index is 10.7. The third-order valence-electron chi connectivity index (χ3n) is 2.32. The SMILES string of the molecule is CC(CC(N)=O)NC1=NC(C(C)C)CS1. The van der Waals surface area contributed by atoms with E-state index in [2.05, 4.69) is 24.2 Å². The number of amidine groups is 1. The van der Waals surface area contributed by atoms with Crippen LogP contribution >= 0.6 is 11.8 Å². The molecule has 3 N–H and O–H groups in total. The number of hydrogen-bond acceptors (Lipinski definition) is 4. The molecule has 4 nitrogen and oxygen atoms in total. The van der Waals surface area contributed by atoms with Crippen molar-refractivity contribution < 1.29 is 4.79 Å². The van der Waals surface area contributed by atoms with Gasteiger partial charge in [0.25, 0.3) is 0 Å². The number of carbonyl (C=O) groups is 1. The van der Waals surface area contributed by atoms with Crippen LogP contribution < -0.4 is 11.1 Å². The Balaban J connectivity index is 2.39. The van der Waals surface area contributed by atoms with Gasteiger partial charge in [-0.25, -0.2) is 0 Å². The standard InChI is InChI=1S/C10H19N3OS/c1-6(2)8-5-15-10(13-8)12-7(3)4-9(11)14/h6-8H,4-5H2,1-3H3,(H2,11,14)(H,12,13). The number of amides is 1. The lowest BCUT2D eigenvalue weighted by molar-refractivity contribution is -0.118. The van der Waals surface area contributed by atoms with Crippen molar-refractivity contribution in [3.8, 4) is 0 Å². The maximum Gasteiger partial charge on any atom is 0.219 e. The van der Waals surface area contributed by atoms with Crippen LogP contribution in [-0.4, -0.2) is 28.9 Å². The van der Waals surface area contributed by atoms with Crippen molar-refractivity contribution in [2.45, 2.75) is 39.3 Å². The fourth-order valence-electron chi connectivity index (χ4n) is 1.37. The Morgan fingerprint density at radius 3 is 2.80 bits per heavy atom. The molecule has 0 aromatic heterocycles. The lowest BCUT2D eigenvalue weighted by Crippen LogP contribution is -2.33. The molecule has 0 radical (unpaired) electrons. The Morgan fingerprint density at radius 1 is 1.67 bits per heavy atom. The first kappa shape index (κ1) is 12.4. The van der Waals surface area contributed by atoms with Crippen molar-refractivity contribution in [2.75, 3.05) is 5.75 Å². The van der Waals surface area contributed by atoms with Gasteiger partial charge in [-0.3, -0.25) is 9.79 Å². The van der Waals surface area contributed by atoms with Gasteiger partial charge in [-0.1, -0.05) is 25.6 Å². The van der Waals surface area contributed by atoms with Crippen molar-refractivity contribution >= 4 is 22.8 Å². The van der Waals surface area contributed by atoms with E-state index >= 15 is 0 Å². The summed E-state index contributed by atoms with van der Waals surface area (Å²) in [7, 11) is 0. The highest BCUT2D eigenvalue weighted by atomic mass is 32.2. The first-order valence-electron chi connectivity index (χ1n) is 5.24. The summed E-state index contributed by atoms with van der Waals surface area (Å²) in [6.45, 7) is 6.28. The van der Waals surface area contributed by atoms with Crippen LogP contribution in [-0.2, 0) is 4.79 Å². The highest BCUT2D eigenvalue weighted by molar-refractivity contribution is 8.14. The molecule has 1 heterocycles. The normalized spacial score (nSPS) is 22.7. The number of hydrogen-bond donors (Lipinski definition) is 2. The monoisotopic (exact) mass is 229 g/mol. The van der Waals surface area contributed by atoms with Crippen LogP contribution in [0.2, 0.25) is 0 Å². The van der Waals surface area contributed by atoms with E-state index in [-0.39, 0.29) is 11.9 Å². The minimum absolute atomic E-state index is 0.0691. The minimum atomic E-state index is -0.279. The second-order valence-electron chi connectivity index (χ2n) is 4.27. The summed E-state index contributed by atoms with van der Waals surface area (Å²) in [5, 5.41) is 4.15. The molecule has 1 aliphatic rings. The van der Waals surface area contributed by atoms with Gasteiger partial charge >= 0.3 is 0 Å². The van der Waals surface area contributed by atoms with Crippen LogP contribution in [0.1, 0.15) is 27.2 Å². The van der Waals surface area contributed by atoms with E-state index in [1.54, 1.807) is 11.8 Å². The second kappa shape index (κ2) is 5.39. The Kier molecular flexibility index (Phi) is 4.45. The van der Waals surface area contributed by atoms with Gasteiger partial charge in [-0.05, 0) is 12.8 Å². The highest BCUT2D eigenvalue weighted by Crippen LogP contribution is 2.22. The number of nitrogens with one attached hydrogen (secondary N) is 1. The van der Waals surface area contributed by atoms with Crippen molar-refractivity contribution in [1.82, 2.24) is 5.32 Å². The Morgan fingerprint density at radius 2 is 2.33 bits per heavy atom. The van der Waals surface area contributed by atoms with E-state index in [0.717, 1.165) is 10.9 Å². The number of primary amides is 1. The zero-order valence-corrected chi connectivity index (χ0v) is 10.3. The van der Waals surface area contributed by atoms with Crippen LogP contribution in [0.15, 0.2) is 4.99 Å². The van der Waals surface area contributed by atoms with E-state index in [1.807, 2.05) is 6.92 Å². The topological polar surface area (TPSA) is 67.5 Å². The molecule has 1 amide bonds. The summed E-state index contributed by atoms with van der Waals surface area (Å²) in [6.07, 6.45) is 0.353. The van der Waals surface area contributed by atoms with E-state index in [4.69, 9.17) is 5.73 Å². The Hall–Kier alpha value is -0.710. The first-order chi connectivity index (χ1) is 6.99. The van der Waals surface area contributed by atoms with Gasteiger partial charge in [0, 0.05) is 18.2 Å². The van der Waals surface area contributed by atoms with Crippen molar-refractivity contribution in [2.24, 2.45) is 16.6 Å². The van der Waals surface area contributed by atoms with Crippen LogP contribution in [0.4, 0.5) is 0 Å². The van der Waals surface area contributed by atoms with Crippen LogP contribution in [0.25, 0.3) is 0 Å². The molecule has 2 atom stereocenters. The molecule has 0 bridgehead atoms. The van der Waals surface area contributed by atoms with E-state index < -0.39 is 0 Å². The third-order valence-corrected chi connectivity index (χ3v) is 3.33. The largest absolute Gasteiger partial charge is 0.370 e. The molecule has 0 fully saturated rings. The average molecular weight is 229 g/mol. The molecule has 15 heavy (non-hydrogen) atoms. The summed E-state index contributed by atoms with van der Waals surface area (Å²) in [5.41, 5.74) is 5.12. The minimum Gasteiger partial charge on any atom is -0.370 e. The smallest absolute Gasteiger partial charge is 0.219 e. The molecule has 2 unspecified atom stereocenters. The van der Waals surface area contributed by atoms with E-state index in [1.165, 1.54) is 0 Å². The van der Waals surface area contributed by atoms with E-state index in [9.17, 15) is 4.79 Å². The molecule has 0 aromatic rings. The number of nitrogens with zero attached hydrogens (tertiary/aromatic N) is 1. The van der Waals surface area contributed by atoms with Gasteiger partial charge in [0.05, 0.1) is 6.04 Å². The molecule has 0 spiro atoms. The highest BCUT2D eigenvalue weighted by Gasteiger charge is 2.22. The van der Waals surface area contributed by atoms with Crippen molar-refractivity contribution in [3.05, 3.63) is 0 Å². The van der Waals surface area contributed by atoms with Gasteiger partial charge in [0.1, 0.15) is 0 Å². The summed E-state index contributed by atoms with van der Waals surface area (Å²) >= 11 is 1.72. The van der Waals surface area contributed by atoms with Gasteiger partial charge < -0.3 is 11.1 Å².